The van der Waals surface area contributed by atoms with Crippen LogP contribution in [0, 0.1) is 6.92 Å². The van der Waals surface area contributed by atoms with Gasteiger partial charge >= 0.3 is 0 Å². The molecule has 0 aliphatic rings. The number of aryl methyl sites for hydroxylation is 1. The lowest BCUT2D eigenvalue weighted by molar-refractivity contribution is 0.814. The van der Waals surface area contributed by atoms with Crippen LogP contribution in [0.4, 0.5) is 5.82 Å². The third-order valence-electron chi connectivity index (χ3n) is 1.71. The zero-order valence-electron chi connectivity index (χ0n) is 7.48. The van der Waals surface area contributed by atoms with Crippen LogP contribution in [0.15, 0.2) is 18.5 Å². The third kappa shape index (κ3) is 1.54. The normalized spacial score (nSPS) is 10.4. The van der Waals surface area contributed by atoms with Crippen LogP contribution in [0.3, 0.4) is 0 Å². The Morgan fingerprint density at radius 1 is 1.50 bits per heavy atom. The van der Waals surface area contributed by atoms with Crippen molar-refractivity contribution in [1.82, 2.24) is 20.0 Å². The molecule has 2 aromatic rings. The van der Waals surface area contributed by atoms with E-state index in [9.17, 15) is 0 Å². The van der Waals surface area contributed by atoms with Gasteiger partial charge < -0.3 is 5.73 Å². The third-order valence-corrected chi connectivity index (χ3v) is 2.00. The molecule has 0 bridgehead atoms. The molecule has 0 saturated heterocycles. The topological polar surface area (TPSA) is 69.6 Å². The predicted molar refractivity (Wildman–Crippen MR) is 53.3 cm³/mol. The summed E-state index contributed by atoms with van der Waals surface area (Å²) < 4.78 is 1.50. The van der Waals surface area contributed by atoms with Gasteiger partial charge in [0.25, 0.3) is 0 Å². The fourth-order valence-electron chi connectivity index (χ4n) is 1.04. The van der Waals surface area contributed by atoms with E-state index in [4.69, 9.17) is 17.3 Å². The van der Waals surface area contributed by atoms with Crippen LogP contribution in [0.2, 0.25) is 5.02 Å². The number of aromatic nitrogens is 4. The first kappa shape index (κ1) is 8.96. The lowest BCUT2D eigenvalue weighted by Crippen LogP contribution is -2.00. The molecule has 0 amide bonds. The summed E-state index contributed by atoms with van der Waals surface area (Å²) in [6.45, 7) is 1.92. The molecule has 0 saturated carbocycles. The van der Waals surface area contributed by atoms with Crippen molar-refractivity contribution >= 4 is 17.4 Å². The van der Waals surface area contributed by atoms with Gasteiger partial charge in [-0.2, -0.15) is 5.10 Å². The molecule has 14 heavy (non-hydrogen) atoms. The summed E-state index contributed by atoms with van der Waals surface area (Å²) in [4.78, 5) is 0. The second-order valence-electron chi connectivity index (χ2n) is 2.90. The minimum atomic E-state index is 0.287. The van der Waals surface area contributed by atoms with Gasteiger partial charge in [0.15, 0.2) is 11.6 Å². The number of anilines is 1. The highest BCUT2D eigenvalue weighted by Gasteiger charge is 2.05. The predicted octanol–water partition coefficient (Wildman–Crippen LogP) is 1.21. The average Bonchev–Trinajstić information content (AvgIpc) is 2.47. The maximum atomic E-state index is 5.76. The molecule has 6 heteroatoms. The smallest absolute Gasteiger partial charge is 0.176 e. The van der Waals surface area contributed by atoms with E-state index in [-0.39, 0.29) is 5.82 Å². The number of hydrogen-bond acceptors (Lipinski definition) is 4. The lowest BCUT2D eigenvalue weighted by atomic mass is 10.3. The number of hydrogen-bond donors (Lipinski definition) is 1. The van der Waals surface area contributed by atoms with Crippen molar-refractivity contribution in [1.29, 1.82) is 0 Å². The average molecular weight is 210 g/mol. The molecule has 0 aliphatic carbocycles. The summed E-state index contributed by atoms with van der Waals surface area (Å²) >= 11 is 5.76. The van der Waals surface area contributed by atoms with Gasteiger partial charge in [0, 0.05) is 0 Å². The maximum Gasteiger partial charge on any atom is 0.176 e. The largest absolute Gasteiger partial charge is 0.381 e. The van der Waals surface area contributed by atoms with Gasteiger partial charge in [0.1, 0.15) is 5.02 Å². The minimum Gasteiger partial charge on any atom is -0.381 e. The Hall–Kier alpha value is -1.62. The van der Waals surface area contributed by atoms with Crippen molar-refractivity contribution in [3.05, 3.63) is 29.0 Å². The maximum absolute atomic E-state index is 5.76. The number of rotatable bonds is 1. The van der Waals surface area contributed by atoms with Crippen LogP contribution in [0.25, 0.3) is 5.82 Å². The molecule has 5 nitrogen and oxygen atoms in total. The highest BCUT2D eigenvalue weighted by molar-refractivity contribution is 6.32. The van der Waals surface area contributed by atoms with E-state index < -0.39 is 0 Å². The van der Waals surface area contributed by atoms with Crippen LogP contribution in [-0.4, -0.2) is 20.0 Å². The summed E-state index contributed by atoms with van der Waals surface area (Å²) in [6, 6.07) is 1.84. The number of nitrogens with two attached hydrogens (primary N) is 1. The summed E-state index contributed by atoms with van der Waals surface area (Å²) in [6.07, 6.45) is 3.26. The summed E-state index contributed by atoms with van der Waals surface area (Å²) in [5.41, 5.74) is 6.50. The van der Waals surface area contributed by atoms with Gasteiger partial charge in [-0.15, -0.1) is 10.2 Å². The monoisotopic (exact) mass is 209 g/mol. The van der Waals surface area contributed by atoms with E-state index in [0.29, 0.717) is 10.8 Å². The molecule has 2 rings (SSSR count). The first-order valence-corrected chi connectivity index (χ1v) is 4.35. The minimum absolute atomic E-state index is 0.287. The lowest BCUT2D eigenvalue weighted by Gasteiger charge is -1.98. The van der Waals surface area contributed by atoms with Crippen molar-refractivity contribution in [2.75, 3.05) is 5.73 Å². The highest BCUT2D eigenvalue weighted by Crippen LogP contribution is 2.17. The van der Waals surface area contributed by atoms with Crippen molar-refractivity contribution in [2.24, 2.45) is 0 Å². The Morgan fingerprint density at radius 2 is 2.29 bits per heavy atom. The number of nitrogen functional groups attached to an aromatic ring is 1. The molecular weight excluding hydrogens is 202 g/mol. The van der Waals surface area contributed by atoms with E-state index in [1.807, 2.05) is 13.0 Å². The Kier molecular flexibility index (Phi) is 2.09. The summed E-state index contributed by atoms with van der Waals surface area (Å²) in [5.74, 6) is 0.888. The number of halogens is 1. The van der Waals surface area contributed by atoms with Crippen LogP contribution >= 0.6 is 11.6 Å². The Balaban J connectivity index is 2.49. The summed E-state index contributed by atoms with van der Waals surface area (Å²) in [7, 11) is 0. The summed E-state index contributed by atoms with van der Waals surface area (Å²) in [5, 5.41) is 12.1. The molecule has 0 radical (unpaired) electrons. The van der Waals surface area contributed by atoms with Gasteiger partial charge in [0.05, 0.1) is 12.4 Å². The Labute approximate surface area is 85.5 Å². The molecule has 0 unspecified atom stereocenters. The molecule has 0 atom stereocenters. The van der Waals surface area contributed by atoms with Crippen molar-refractivity contribution in [2.45, 2.75) is 6.92 Å². The zero-order chi connectivity index (χ0) is 10.1. The first-order valence-electron chi connectivity index (χ1n) is 3.97. The van der Waals surface area contributed by atoms with Gasteiger partial charge in [-0.3, -0.25) is 0 Å². The highest BCUT2D eigenvalue weighted by atomic mass is 35.5. The molecule has 0 fully saturated rings. The molecule has 72 valence electrons. The van der Waals surface area contributed by atoms with Gasteiger partial charge in [0.2, 0.25) is 0 Å². The quantitative estimate of drug-likeness (QED) is 0.767. The first-order chi connectivity index (χ1) is 6.66. The van der Waals surface area contributed by atoms with Gasteiger partial charge in [-0.25, -0.2) is 4.68 Å². The Bertz CT molecular complexity index is 445. The van der Waals surface area contributed by atoms with E-state index in [1.165, 1.54) is 4.68 Å². The van der Waals surface area contributed by atoms with Crippen LogP contribution in [-0.2, 0) is 0 Å². The van der Waals surface area contributed by atoms with Gasteiger partial charge in [-0.1, -0.05) is 11.6 Å². The molecule has 2 heterocycles. The van der Waals surface area contributed by atoms with Crippen LogP contribution < -0.4 is 5.73 Å². The van der Waals surface area contributed by atoms with E-state index in [0.717, 1.165) is 5.56 Å². The fourth-order valence-corrected chi connectivity index (χ4v) is 1.17. The zero-order valence-corrected chi connectivity index (χ0v) is 8.23. The van der Waals surface area contributed by atoms with Crippen LogP contribution in [0.1, 0.15) is 5.56 Å². The van der Waals surface area contributed by atoms with Crippen molar-refractivity contribution in [3.8, 4) is 5.82 Å². The van der Waals surface area contributed by atoms with Crippen LogP contribution in [0.5, 0.6) is 0 Å². The molecular formula is C8H8ClN5. The SMILES string of the molecule is Cc1cnnc(-n2cc(Cl)c(N)n2)c1. The van der Waals surface area contributed by atoms with Crippen molar-refractivity contribution < 1.29 is 0 Å². The fraction of sp³-hybridized carbons (Fsp3) is 0.125. The van der Waals surface area contributed by atoms with Crippen molar-refractivity contribution in [3.63, 3.8) is 0 Å². The number of nitrogens with zero attached hydrogens (tertiary/aromatic N) is 4. The molecule has 0 aliphatic heterocycles. The molecule has 2 N–H and O–H groups in total. The molecule has 0 aromatic carbocycles. The van der Waals surface area contributed by atoms with E-state index >= 15 is 0 Å². The van der Waals surface area contributed by atoms with E-state index in [1.54, 1.807) is 12.4 Å². The van der Waals surface area contributed by atoms with E-state index in [2.05, 4.69) is 15.3 Å². The molecule has 2 aromatic heterocycles. The van der Waals surface area contributed by atoms with Gasteiger partial charge in [-0.05, 0) is 18.6 Å². The standard InChI is InChI=1S/C8H8ClN5/c1-5-2-7(12-11-3-5)14-4-6(9)8(10)13-14/h2-4H,1H3,(H2,10,13). The second kappa shape index (κ2) is 3.26. The molecule has 0 spiro atoms. The Morgan fingerprint density at radius 3 is 2.86 bits per heavy atom. The second-order valence-corrected chi connectivity index (χ2v) is 3.31.